The Kier molecular flexibility index (Phi) is 5.08. The summed E-state index contributed by atoms with van der Waals surface area (Å²) in [5.41, 5.74) is 0.803. The van der Waals surface area contributed by atoms with Crippen molar-refractivity contribution in [3.63, 3.8) is 0 Å². The topological polar surface area (TPSA) is 32.3 Å². The predicted octanol–water partition coefficient (Wildman–Crippen LogP) is 4.77. The van der Waals surface area contributed by atoms with Crippen LogP contribution in [0.1, 0.15) is 30.7 Å². The lowest BCUT2D eigenvalue weighted by molar-refractivity contribution is 0.211. The zero-order valence-electron chi connectivity index (χ0n) is 13.3. The molecule has 1 N–H and O–H groups in total. The van der Waals surface area contributed by atoms with Crippen molar-refractivity contribution in [2.45, 2.75) is 25.2 Å². The van der Waals surface area contributed by atoms with Crippen LogP contribution in [0, 0.1) is 11.6 Å². The standard InChI is InChI=1S/C19H20F2N2O/c20-16-10-6-11-17(21)18(16)22-19(24)23-12-5-4-9-15(13-23)14-7-2-1-3-8-14/h1-3,6-8,10-11,15H,4-5,9,12-13H2,(H,22,24). The number of likely N-dealkylation sites (tertiary alicyclic amines) is 1. The number of para-hydroxylation sites is 1. The number of nitrogens with zero attached hydrogens (tertiary/aromatic N) is 1. The number of nitrogens with one attached hydrogen (secondary N) is 1. The Morgan fingerprint density at radius 1 is 1.00 bits per heavy atom. The van der Waals surface area contributed by atoms with Gasteiger partial charge in [0.05, 0.1) is 0 Å². The Hall–Kier alpha value is -2.43. The third-order valence-electron chi connectivity index (χ3n) is 4.42. The molecule has 0 spiro atoms. The van der Waals surface area contributed by atoms with Crippen LogP contribution in [-0.4, -0.2) is 24.0 Å². The highest BCUT2D eigenvalue weighted by Crippen LogP contribution is 2.27. The first kappa shape index (κ1) is 16.4. The largest absolute Gasteiger partial charge is 0.324 e. The van der Waals surface area contributed by atoms with E-state index < -0.39 is 17.7 Å². The minimum absolute atomic E-state index is 0.241. The summed E-state index contributed by atoms with van der Waals surface area (Å²) in [5, 5.41) is 2.38. The van der Waals surface area contributed by atoms with E-state index in [0.717, 1.165) is 31.4 Å². The number of carbonyl (C=O) groups is 1. The van der Waals surface area contributed by atoms with E-state index in [2.05, 4.69) is 17.4 Å². The lowest BCUT2D eigenvalue weighted by Crippen LogP contribution is -2.37. The highest BCUT2D eigenvalue weighted by molar-refractivity contribution is 5.89. The Bertz CT molecular complexity index is 686. The van der Waals surface area contributed by atoms with Gasteiger partial charge >= 0.3 is 6.03 Å². The molecule has 24 heavy (non-hydrogen) atoms. The monoisotopic (exact) mass is 330 g/mol. The maximum atomic E-state index is 13.7. The van der Waals surface area contributed by atoms with Gasteiger partial charge in [0.1, 0.15) is 17.3 Å². The minimum Gasteiger partial charge on any atom is -0.324 e. The molecule has 1 heterocycles. The molecule has 2 aromatic carbocycles. The van der Waals surface area contributed by atoms with Gasteiger partial charge < -0.3 is 10.2 Å². The quantitative estimate of drug-likeness (QED) is 0.845. The molecule has 1 aliphatic heterocycles. The van der Waals surface area contributed by atoms with Gasteiger partial charge in [-0.15, -0.1) is 0 Å². The van der Waals surface area contributed by atoms with Crippen LogP contribution < -0.4 is 5.32 Å². The van der Waals surface area contributed by atoms with Gasteiger partial charge in [-0.05, 0) is 30.5 Å². The van der Waals surface area contributed by atoms with Crippen molar-refractivity contribution in [3.8, 4) is 0 Å². The highest BCUT2D eigenvalue weighted by atomic mass is 19.1. The number of urea groups is 1. The van der Waals surface area contributed by atoms with Crippen molar-refractivity contribution in [1.29, 1.82) is 0 Å². The van der Waals surface area contributed by atoms with Crippen LogP contribution in [0.5, 0.6) is 0 Å². The SMILES string of the molecule is O=C(Nc1c(F)cccc1F)N1CCCCC(c2ccccc2)C1. The van der Waals surface area contributed by atoms with Crippen LogP contribution in [0.3, 0.4) is 0 Å². The molecular formula is C19H20F2N2O. The van der Waals surface area contributed by atoms with Crippen molar-refractivity contribution >= 4 is 11.7 Å². The summed E-state index contributed by atoms with van der Waals surface area (Å²) in [5.74, 6) is -1.29. The number of anilines is 1. The Balaban J connectivity index is 1.74. The van der Waals surface area contributed by atoms with E-state index in [1.165, 1.54) is 11.6 Å². The lowest BCUT2D eigenvalue weighted by atomic mass is 9.94. The summed E-state index contributed by atoms with van der Waals surface area (Å²) in [6.45, 7) is 1.14. The molecule has 0 radical (unpaired) electrons. The maximum absolute atomic E-state index is 13.7. The molecule has 2 amide bonds. The number of carbonyl (C=O) groups excluding carboxylic acids is 1. The molecule has 3 rings (SSSR count). The van der Waals surface area contributed by atoms with E-state index in [-0.39, 0.29) is 11.6 Å². The summed E-state index contributed by atoms with van der Waals surface area (Å²) < 4.78 is 27.5. The van der Waals surface area contributed by atoms with E-state index in [9.17, 15) is 13.6 Å². The molecule has 126 valence electrons. The first-order chi connectivity index (χ1) is 11.6. The fraction of sp³-hybridized carbons (Fsp3) is 0.316. The molecule has 0 saturated carbocycles. The van der Waals surface area contributed by atoms with Crippen LogP contribution in [0.4, 0.5) is 19.3 Å². The van der Waals surface area contributed by atoms with Gasteiger partial charge in [-0.1, -0.05) is 42.8 Å². The maximum Gasteiger partial charge on any atom is 0.322 e. The normalized spacial score (nSPS) is 18.1. The predicted molar refractivity (Wildman–Crippen MR) is 90.0 cm³/mol. The van der Waals surface area contributed by atoms with E-state index >= 15 is 0 Å². The van der Waals surface area contributed by atoms with E-state index in [1.54, 1.807) is 4.90 Å². The zero-order chi connectivity index (χ0) is 16.9. The van der Waals surface area contributed by atoms with Crippen molar-refractivity contribution in [2.75, 3.05) is 18.4 Å². The average Bonchev–Trinajstić information content (AvgIpc) is 2.85. The van der Waals surface area contributed by atoms with Gasteiger partial charge in [0.15, 0.2) is 0 Å². The average molecular weight is 330 g/mol. The molecule has 1 unspecified atom stereocenters. The lowest BCUT2D eigenvalue weighted by Gasteiger charge is -2.25. The summed E-state index contributed by atoms with van der Waals surface area (Å²) in [6, 6.07) is 13.1. The van der Waals surface area contributed by atoms with Crippen LogP contribution in [0.25, 0.3) is 0 Å². The van der Waals surface area contributed by atoms with E-state index in [1.807, 2.05) is 18.2 Å². The van der Waals surface area contributed by atoms with E-state index in [4.69, 9.17) is 0 Å². The number of benzene rings is 2. The van der Waals surface area contributed by atoms with Crippen molar-refractivity contribution in [1.82, 2.24) is 4.90 Å². The summed E-state index contributed by atoms with van der Waals surface area (Å²) >= 11 is 0. The Labute approximate surface area is 140 Å². The molecule has 2 aromatic rings. The Morgan fingerprint density at radius 2 is 1.71 bits per heavy atom. The molecule has 0 aromatic heterocycles. The van der Waals surface area contributed by atoms with Crippen LogP contribution in [-0.2, 0) is 0 Å². The third-order valence-corrected chi connectivity index (χ3v) is 4.42. The number of halogens is 2. The molecular weight excluding hydrogens is 310 g/mol. The molecule has 1 saturated heterocycles. The van der Waals surface area contributed by atoms with Gasteiger partial charge in [0, 0.05) is 19.0 Å². The van der Waals surface area contributed by atoms with Gasteiger partial charge in [-0.2, -0.15) is 0 Å². The van der Waals surface area contributed by atoms with Crippen molar-refractivity contribution in [2.24, 2.45) is 0 Å². The number of hydrogen-bond acceptors (Lipinski definition) is 1. The van der Waals surface area contributed by atoms with Gasteiger partial charge in [-0.3, -0.25) is 0 Å². The Morgan fingerprint density at radius 3 is 2.42 bits per heavy atom. The first-order valence-electron chi connectivity index (χ1n) is 8.20. The fourth-order valence-electron chi connectivity index (χ4n) is 3.13. The molecule has 1 atom stereocenters. The molecule has 5 heteroatoms. The second-order valence-electron chi connectivity index (χ2n) is 6.08. The summed E-state index contributed by atoms with van der Waals surface area (Å²) in [4.78, 5) is 14.1. The molecule has 3 nitrogen and oxygen atoms in total. The fourth-order valence-corrected chi connectivity index (χ4v) is 3.13. The molecule has 0 aliphatic carbocycles. The first-order valence-corrected chi connectivity index (χ1v) is 8.20. The zero-order valence-corrected chi connectivity index (χ0v) is 13.3. The second kappa shape index (κ2) is 7.43. The smallest absolute Gasteiger partial charge is 0.322 e. The van der Waals surface area contributed by atoms with E-state index in [0.29, 0.717) is 13.1 Å². The van der Waals surface area contributed by atoms with Crippen LogP contribution in [0.2, 0.25) is 0 Å². The van der Waals surface area contributed by atoms with Gasteiger partial charge in [-0.25, -0.2) is 13.6 Å². The molecule has 0 bridgehead atoms. The van der Waals surface area contributed by atoms with Gasteiger partial charge in [0.2, 0.25) is 0 Å². The highest BCUT2D eigenvalue weighted by Gasteiger charge is 2.24. The second-order valence-corrected chi connectivity index (χ2v) is 6.08. The third kappa shape index (κ3) is 3.72. The van der Waals surface area contributed by atoms with Gasteiger partial charge in [0.25, 0.3) is 0 Å². The van der Waals surface area contributed by atoms with Crippen LogP contribution in [0.15, 0.2) is 48.5 Å². The number of amides is 2. The number of rotatable bonds is 2. The molecule has 1 fully saturated rings. The summed E-state index contributed by atoms with van der Waals surface area (Å²) in [6.07, 6.45) is 2.91. The van der Waals surface area contributed by atoms with Crippen molar-refractivity contribution < 1.29 is 13.6 Å². The molecule has 1 aliphatic rings. The minimum atomic E-state index is -0.766. The van der Waals surface area contributed by atoms with Crippen molar-refractivity contribution in [3.05, 3.63) is 65.7 Å². The summed E-state index contributed by atoms with van der Waals surface area (Å²) in [7, 11) is 0. The number of hydrogen-bond donors (Lipinski definition) is 1. The van der Waals surface area contributed by atoms with Crippen LogP contribution >= 0.6 is 0 Å².